The van der Waals surface area contributed by atoms with Gasteiger partial charge in [0.2, 0.25) is 17.5 Å². The number of nitrogens with zero attached hydrogens (tertiary/aromatic N) is 4. The lowest BCUT2D eigenvalue weighted by atomic mass is 10.0. The quantitative estimate of drug-likeness (QED) is 0.0919. The Hall–Kier alpha value is -6.31. The maximum atomic E-state index is 13.2. The number of piperazine rings is 1. The first-order chi connectivity index (χ1) is 27.3. The first-order valence-electron chi connectivity index (χ1n) is 18.8. The highest BCUT2D eigenvalue weighted by Crippen LogP contribution is 2.41. The molecule has 5 aromatic rings. The van der Waals surface area contributed by atoms with Crippen molar-refractivity contribution in [2.75, 3.05) is 47.0 Å². The smallest absolute Gasteiger partial charge is 0.246 e. The fourth-order valence-corrected chi connectivity index (χ4v) is 6.28. The van der Waals surface area contributed by atoms with Gasteiger partial charge in [0.05, 0.1) is 38.7 Å². The monoisotopic (exact) mass is 752 g/mol. The molecule has 1 amide bonds. The molecule has 0 spiro atoms. The average molecular weight is 753 g/mol. The molecule has 0 aliphatic carbocycles. The van der Waals surface area contributed by atoms with Crippen LogP contribution in [-0.2, 0) is 24.4 Å². The van der Waals surface area contributed by atoms with Crippen molar-refractivity contribution in [3.8, 4) is 40.7 Å². The zero-order valence-electron chi connectivity index (χ0n) is 32.4. The lowest BCUT2D eigenvalue weighted by Crippen LogP contribution is -2.47. The molecule has 2 heterocycles. The highest BCUT2D eigenvalue weighted by Gasteiger charge is 2.20. The van der Waals surface area contributed by atoms with Gasteiger partial charge >= 0.3 is 0 Å². The lowest BCUT2D eigenvalue weighted by molar-refractivity contribution is -0.127. The third kappa shape index (κ3) is 10.9. The van der Waals surface area contributed by atoms with Gasteiger partial charge < -0.3 is 28.6 Å². The number of methoxy groups -OCH3 is 2. The van der Waals surface area contributed by atoms with Crippen LogP contribution in [0, 0.1) is 11.3 Å². The second kappa shape index (κ2) is 19.3. The van der Waals surface area contributed by atoms with Crippen LogP contribution in [0.15, 0.2) is 109 Å². The van der Waals surface area contributed by atoms with Gasteiger partial charge in [-0.1, -0.05) is 62.4 Å². The minimum atomic E-state index is -0.0453. The molecule has 0 radical (unpaired) electrons. The van der Waals surface area contributed by atoms with Crippen LogP contribution < -0.4 is 23.7 Å². The molecule has 0 atom stereocenters. The van der Waals surface area contributed by atoms with Crippen LogP contribution in [0.4, 0.5) is 0 Å². The second-order valence-corrected chi connectivity index (χ2v) is 13.9. The highest BCUT2D eigenvalue weighted by atomic mass is 16.5. The average Bonchev–Trinajstić information content (AvgIpc) is 3.24. The fraction of sp³-hybridized carbons (Fsp3) is 0.283. The van der Waals surface area contributed by atoms with Gasteiger partial charge in [0, 0.05) is 51.3 Å². The van der Waals surface area contributed by atoms with Gasteiger partial charge in [-0.3, -0.25) is 9.69 Å². The van der Waals surface area contributed by atoms with Crippen molar-refractivity contribution in [2.45, 2.75) is 39.3 Å². The van der Waals surface area contributed by atoms with Crippen molar-refractivity contribution in [1.29, 1.82) is 5.26 Å². The van der Waals surface area contributed by atoms with Crippen LogP contribution in [0.2, 0.25) is 0 Å². The number of benzene rings is 4. The van der Waals surface area contributed by atoms with E-state index in [1.807, 2.05) is 23.1 Å². The van der Waals surface area contributed by atoms with E-state index in [0.717, 1.165) is 42.9 Å². The van der Waals surface area contributed by atoms with E-state index in [1.165, 1.54) is 16.7 Å². The van der Waals surface area contributed by atoms with E-state index in [4.69, 9.17) is 28.9 Å². The number of aromatic nitrogens is 1. The van der Waals surface area contributed by atoms with Crippen LogP contribution >= 0.6 is 0 Å². The molecule has 1 aliphatic rings. The number of amides is 1. The van der Waals surface area contributed by atoms with Crippen LogP contribution in [-0.4, -0.2) is 67.7 Å². The Labute approximate surface area is 329 Å². The SMILES string of the molecule is COc1cc(/C=C/C(=O)N2CCN(Cc3ccc(CCOc4cccc(C(C)C)c4)cc3)CC2)cc(OC)c1Oc1ccc(OCc2ccc(C#N)cc2)cn1. The standard InChI is InChI=1S/C46H48N4O6/c1-33(2)39-6-5-7-40(28-39)54-25-20-34-8-12-36(13-9-34)31-49-21-23-50(24-22-49)45(51)19-16-38-26-42(52-3)46(43(27-38)53-4)56-44-18-17-41(30-48-44)55-32-37-14-10-35(29-47)11-15-37/h5-19,26-28,30,33H,20-25,31-32H2,1-4H3/b19-16+. The largest absolute Gasteiger partial charge is 0.493 e. The van der Waals surface area contributed by atoms with Crippen molar-refractivity contribution in [3.05, 3.63) is 143 Å². The van der Waals surface area contributed by atoms with Crippen LogP contribution in [0.1, 0.15) is 53.1 Å². The van der Waals surface area contributed by atoms with E-state index in [-0.39, 0.29) is 5.91 Å². The Morgan fingerprint density at radius 2 is 1.52 bits per heavy atom. The normalized spacial score (nSPS) is 13.0. The van der Waals surface area contributed by atoms with Crippen molar-refractivity contribution >= 4 is 12.0 Å². The number of pyridine rings is 1. The molecule has 6 rings (SSSR count). The Kier molecular flexibility index (Phi) is 13.6. The van der Waals surface area contributed by atoms with Gasteiger partial charge in [-0.25, -0.2) is 4.98 Å². The van der Waals surface area contributed by atoms with Crippen LogP contribution in [0.3, 0.4) is 0 Å². The zero-order valence-corrected chi connectivity index (χ0v) is 32.4. The summed E-state index contributed by atoms with van der Waals surface area (Å²) < 4.78 is 29.2. The molecule has 10 nitrogen and oxygen atoms in total. The molecule has 288 valence electrons. The van der Waals surface area contributed by atoms with Gasteiger partial charge in [-0.2, -0.15) is 5.26 Å². The molecule has 4 aromatic carbocycles. The van der Waals surface area contributed by atoms with Crippen molar-refractivity contribution in [1.82, 2.24) is 14.8 Å². The van der Waals surface area contributed by atoms with Crippen molar-refractivity contribution < 1.29 is 28.5 Å². The molecule has 1 aliphatic heterocycles. The molecule has 56 heavy (non-hydrogen) atoms. The molecule has 0 N–H and O–H groups in total. The van der Waals surface area contributed by atoms with Gasteiger partial charge in [0.1, 0.15) is 18.1 Å². The first-order valence-corrected chi connectivity index (χ1v) is 18.8. The summed E-state index contributed by atoms with van der Waals surface area (Å²) in [5.41, 5.74) is 6.06. The minimum absolute atomic E-state index is 0.0453. The summed E-state index contributed by atoms with van der Waals surface area (Å²) in [5, 5.41) is 8.98. The van der Waals surface area contributed by atoms with Crippen LogP contribution in [0.5, 0.6) is 34.6 Å². The summed E-state index contributed by atoms with van der Waals surface area (Å²) in [6.07, 6.45) is 5.78. The number of rotatable bonds is 16. The summed E-state index contributed by atoms with van der Waals surface area (Å²) in [5.74, 6) is 3.47. The van der Waals surface area contributed by atoms with E-state index < -0.39 is 0 Å². The van der Waals surface area contributed by atoms with Gasteiger partial charge in [-0.05, 0) is 82.3 Å². The summed E-state index contributed by atoms with van der Waals surface area (Å²) in [6, 6.07) is 33.4. The maximum absolute atomic E-state index is 13.2. The molecule has 1 aromatic heterocycles. The summed E-state index contributed by atoms with van der Waals surface area (Å²) in [7, 11) is 3.09. The number of carbonyl (C=O) groups excluding carboxylic acids is 1. The summed E-state index contributed by atoms with van der Waals surface area (Å²) >= 11 is 0. The number of nitriles is 1. The van der Waals surface area contributed by atoms with E-state index >= 15 is 0 Å². The fourth-order valence-electron chi connectivity index (χ4n) is 6.28. The van der Waals surface area contributed by atoms with Gasteiger partial charge in [0.15, 0.2) is 11.5 Å². The van der Waals surface area contributed by atoms with Crippen molar-refractivity contribution in [2.24, 2.45) is 0 Å². The highest BCUT2D eigenvalue weighted by molar-refractivity contribution is 5.92. The summed E-state index contributed by atoms with van der Waals surface area (Å²) in [4.78, 5) is 21.8. The number of ether oxygens (including phenoxy) is 5. The third-order valence-electron chi connectivity index (χ3n) is 9.60. The molecule has 0 bridgehead atoms. The predicted molar refractivity (Wildman–Crippen MR) is 216 cm³/mol. The maximum Gasteiger partial charge on any atom is 0.246 e. The first kappa shape index (κ1) is 39.4. The van der Waals surface area contributed by atoms with Gasteiger partial charge in [0.25, 0.3) is 0 Å². The molecule has 1 fully saturated rings. The molecule has 0 saturated carbocycles. The zero-order chi connectivity index (χ0) is 39.3. The molecular weight excluding hydrogens is 705 g/mol. The molecule has 0 unspecified atom stereocenters. The van der Waals surface area contributed by atoms with Gasteiger partial charge in [-0.15, -0.1) is 0 Å². The number of hydrogen-bond donors (Lipinski definition) is 0. The van der Waals surface area contributed by atoms with Crippen molar-refractivity contribution in [3.63, 3.8) is 0 Å². The predicted octanol–water partition coefficient (Wildman–Crippen LogP) is 8.44. The Morgan fingerprint density at radius 3 is 2.16 bits per heavy atom. The summed E-state index contributed by atoms with van der Waals surface area (Å²) in [6.45, 7) is 9.12. The van der Waals surface area contributed by atoms with Crippen LogP contribution in [0.25, 0.3) is 6.08 Å². The number of carbonyl (C=O) groups is 1. The molecule has 10 heteroatoms. The molecule has 1 saturated heterocycles. The number of hydrogen-bond acceptors (Lipinski definition) is 9. The van der Waals surface area contributed by atoms with E-state index in [1.54, 1.807) is 69.0 Å². The second-order valence-electron chi connectivity index (χ2n) is 13.9. The minimum Gasteiger partial charge on any atom is -0.493 e. The Balaban J connectivity index is 0.960. The Bertz CT molecular complexity index is 2090. The van der Waals surface area contributed by atoms with E-state index in [9.17, 15) is 4.79 Å². The molecular formula is C46H48N4O6. The third-order valence-corrected chi connectivity index (χ3v) is 9.60. The lowest BCUT2D eigenvalue weighted by Gasteiger charge is -2.34. The van der Waals surface area contributed by atoms with E-state index in [2.05, 4.69) is 72.3 Å². The van der Waals surface area contributed by atoms with E-state index in [0.29, 0.717) is 66.7 Å². The topological polar surface area (TPSA) is 106 Å². The Morgan fingerprint density at radius 1 is 0.821 bits per heavy atom.